The second-order valence-corrected chi connectivity index (χ2v) is 7.05. The summed E-state index contributed by atoms with van der Waals surface area (Å²) in [5.74, 6) is 0.611. The largest absolute Gasteiger partial charge is 0.453 e. The highest BCUT2D eigenvalue weighted by Crippen LogP contribution is 2.23. The summed E-state index contributed by atoms with van der Waals surface area (Å²) in [6.07, 6.45) is 1.30. The SMILES string of the molecule is COC(=O)N1CCN(c2ccc(Nc3nc(N)n(-c4ccnc(Cl)c4)n3)cc2)CC1. The monoisotopic (exact) mass is 428 g/mol. The lowest BCUT2D eigenvalue weighted by molar-refractivity contribution is 0.121. The number of amides is 1. The van der Waals surface area contributed by atoms with Gasteiger partial charge in [0, 0.05) is 49.8 Å². The Morgan fingerprint density at radius 1 is 1.13 bits per heavy atom. The fraction of sp³-hybridized carbons (Fsp3) is 0.263. The topological polar surface area (TPSA) is 114 Å². The van der Waals surface area contributed by atoms with Crippen molar-refractivity contribution in [1.82, 2.24) is 24.6 Å². The summed E-state index contributed by atoms with van der Waals surface area (Å²) in [4.78, 5) is 23.7. The first-order valence-corrected chi connectivity index (χ1v) is 9.70. The zero-order valence-electron chi connectivity index (χ0n) is 16.3. The van der Waals surface area contributed by atoms with Gasteiger partial charge in [-0.15, -0.1) is 5.10 Å². The van der Waals surface area contributed by atoms with E-state index in [2.05, 4.69) is 25.3 Å². The summed E-state index contributed by atoms with van der Waals surface area (Å²) in [6, 6.07) is 11.3. The first-order valence-electron chi connectivity index (χ1n) is 9.33. The van der Waals surface area contributed by atoms with E-state index >= 15 is 0 Å². The molecule has 0 unspecified atom stereocenters. The van der Waals surface area contributed by atoms with Crippen molar-refractivity contribution in [2.45, 2.75) is 0 Å². The standard InChI is InChI=1S/C19H21ClN8O2/c1-30-19(29)27-10-8-26(9-11-27)14-4-2-13(3-5-14)23-18-24-17(21)28(25-18)15-6-7-22-16(20)12-15/h2-7,12H,8-11H2,1H3,(H3,21,23,24,25). The molecule has 30 heavy (non-hydrogen) atoms. The lowest BCUT2D eigenvalue weighted by atomic mass is 10.2. The molecule has 0 atom stereocenters. The number of halogens is 1. The van der Waals surface area contributed by atoms with E-state index in [9.17, 15) is 4.79 Å². The van der Waals surface area contributed by atoms with Crippen LogP contribution in [0.1, 0.15) is 0 Å². The van der Waals surface area contributed by atoms with E-state index in [-0.39, 0.29) is 12.0 Å². The molecule has 1 aliphatic rings. The van der Waals surface area contributed by atoms with Gasteiger partial charge in [-0.25, -0.2) is 9.78 Å². The number of nitrogens with one attached hydrogen (secondary N) is 1. The zero-order valence-corrected chi connectivity index (χ0v) is 17.1. The summed E-state index contributed by atoms with van der Waals surface area (Å²) in [5, 5.41) is 7.88. The molecule has 1 saturated heterocycles. The second kappa shape index (κ2) is 8.46. The smallest absolute Gasteiger partial charge is 0.409 e. The maximum absolute atomic E-state index is 11.6. The highest BCUT2D eigenvalue weighted by molar-refractivity contribution is 6.29. The van der Waals surface area contributed by atoms with Gasteiger partial charge in [-0.2, -0.15) is 9.67 Å². The van der Waals surface area contributed by atoms with Gasteiger partial charge in [0.1, 0.15) is 5.15 Å². The number of piperazine rings is 1. The maximum Gasteiger partial charge on any atom is 0.409 e. The van der Waals surface area contributed by atoms with Gasteiger partial charge in [-0.05, 0) is 30.3 Å². The molecule has 156 valence electrons. The van der Waals surface area contributed by atoms with Crippen LogP contribution in [0.15, 0.2) is 42.6 Å². The van der Waals surface area contributed by atoms with Crippen molar-refractivity contribution in [3.05, 3.63) is 47.7 Å². The van der Waals surface area contributed by atoms with Crippen LogP contribution in [-0.4, -0.2) is 64.0 Å². The minimum Gasteiger partial charge on any atom is -0.453 e. The third-order valence-electron chi connectivity index (χ3n) is 4.79. The first-order chi connectivity index (χ1) is 14.5. The van der Waals surface area contributed by atoms with Crippen molar-refractivity contribution in [3.63, 3.8) is 0 Å². The summed E-state index contributed by atoms with van der Waals surface area (Å²) < 4.78 is 6.27. The zero-order chi connectivity index (χ0) is 21.1. The molecule has 0 aliphatic carbocycles. The molecule has 1 fully saturated rings. The Hall–Kier alpha value is -3.53. The Kier molecular flexibility index (Phi) is 5.57. The maximum atomic E-state index is 11.6. The van der Waals surface area contributed by atoms with E-state index in [4.69, 9.17) is 22.1 Å². The summed E-state index contributed by atoms with van der Waals surface area (Å²) in [5.41, 5.74) is 8.57. The van der Waals surface area contributed by atoms with Crippen molar-refractivity contribution >= 4 is 41.0 Å². The molecule has 1 aliphatic heterocycles. The molecule has 0 spiro atoms. The number of hydrogen-bond acceptors (Lipinski definition) is 8. The molecule has 10 nitrogen and oxygen atoms in total. The van der Waals surface area contributed by atoms with Crippen LogP contribution in [0, 0.1) is 0 Å². The average Bonchev–Trinajstić information content (AvgIpc) is 3.14. The van der Waals surface area contributed by atoms with Gasteiger partial charge in [0.15, 0.2) is 0 Å². The molecule has 3 aromatic rings. The van der Waals surface area contributed by atoms with Crippen LogP contribution in [0.4, 0.5) is 28.1 Å². The van der Waals surface area contributed by atoms with Crippen LogP contribution in [0.2, 0.25) is 5.15 Å². The third kappa shape index (κ3) is 4.23. The molecule has 0 radical (unpaired) electrons. The number of benzene rings is 1. The number of hydrogen-bond donors (Lipinski definition) is 2. The Labute approximate surface area is 178 Å². The van der Waals surface area contributed by atoms with Gasteiger partial charge in [0.05, 0.1) is 12.8 Å². The number of pyridine rings is 1. The lowest BCUT2D eigenvalue weighted by Crippen LogP contribution is -2.48. The Morgan fingerprint density at radius 2 is 1.87 bits per heavy atom. The number of rotatable bonds is 4. The molecule has 3 heterocycles. The molecular weight excluding hydrogens is 408 g/mol. The molecule has 2 aromatic heterocycles. The fourth-order valence-electron chi connectivity index (χ4n) is 3.25. The quantitative estimate of drug-likeness (QED) is 0.609. The van der Waals surface area contributed by atoms with Gasteiger partial charge in [-0.3, -0.25) is 0 Å². The summed E-state index contributed by atoms with van der Waals surface area (Å²) >= 11 is 5.93. The molecule has 4 rings (SSSR count). The number of nitrogen functional groups attached to an aromatic ring is 1. The molecule has 1 amide bonds. The van der Waals surface area contributed by atoms with E-state index in [0.29, 0.717) is 29.9 Å². The van der Waals surface area contributed by atoms with Crippen LogP contribution in [-0.2, 0) is 4.74 Å². The molecular formula is C19H21ClN8O2. The molecule has 11 heteroatoms. The molecule has 3 N–H and O–H groups in total. The van der Waals surface area contributed by atoms with E-state index in [0.717, 1.165) is 24.5 Å². The van der Waals surface area contributed by atoms with E-state index in [1.807, 2.05) is 24.3 Å². The van der Waals surface area contributed by atoms with Gasteiger partial charge < -0.3 is 25.6 Å². The van der Waals surface area contributed by atoms with Crippen molar-refractivity contribution in [2.75, 3.05) is 49.2 Å². The highest BCUT2D eigenvalue weighted by Gasteiger charge is 2.21. The normalized spacial score (nSPS) is 13.9. The van der Waals surface area contributed by atoms with Gasteiger partial charge >= 0.3 is 6.09 Å². The highest BCUT2D eigenvalue weighted by atomic mass is 35.5. The first kappa shape index (κ1) is 19.8. The Bertz CT molecular complexity index is 1030. The number of methoxy groups -OCH3 is 1. The van der Waals surface area contributed by atoms with Crippen LogP contribution in [0.25, 0.3) is 5.69 Å². The number of carbonyl (C=O) groups is 1. The number of nitrogens with zero attached hydrogens (tertiary/aromatic N) is 6. The van der Waals surface area contributed by atoms with Gasteiger partial charge in [0.25, 0.3) is 0 Å². The van der Waals surface area contributed by atoms with Crippen molar-refractivity contribution in [2.24, 2.45) is 0 Å². The van der Waals surface area contributed by atoms with Crippen LogP contribution >= 0.6 is 11.6 Å². The average molecular weight is 429 g/mol. The Morgan fingerprint density at radius 3 is 2.53 bits per heavy atom. The summed E-state index contributed by atoms with van der Waals surface area (Å²) in [6.45, 7) is 2.76. The second-order valence-electron chi connectivity index (χ2n) is 6.66. The molecule has 0 saturated carbocycles. The number of nitrogens with two attached hydrogens (primary N) is 1. The van der Waals surface area contributed by atoms with E-state index in [1.165, 1.54) is 11.8 Å². The van der Waals surface area contributed by atoms with Crippen LogP contribution < -0.4 is 16.0 Å². The third-order valence-corrected chi connectivity index (χ3v) is 4.99. The predicted octanol–water partition coefficient (Wildman–Crippen LogP) is 2.53. The lowest BCUT2D eigenvalue weighted by Gasteiger charge is -2.35. The van der Waals surface area contributed by atoms with Gasteiger partial charge in [-0.1, -0.05) is 11.6 Å². The predicted molar refractivity (Wildman–Crippen MR) is 114 cm³/mol. The Balaban J connectivity index is 1.41. The fourth-order valence-corrected chi connectivity index (χ4v) is 3.42. The molecule has 0 bridgehead atoms. The van der Waals surface area contributed by atoms with Crippen LogP contribution in [0.5, 0.6) is 0 Å². The minimum absolute atomic E-state index is 0.236. The number of anilines is 4. The van der Waals surface area contributed by atoms with Crippen molar-refractivity contribution in [1.29, 1.82) is 0 Å². The van der Waals surface area contributed by atoms with E-state index < -0.39 is 0 Å². The van der Waals surface area contributed by atoms with Crippen molar-refractivity contribution < 1.29 is 9.53 Å². The number of carbonyl (C=O) groups excluding carboxylic acids is 1. The number of aromatic nitrogens is 4. The number of ether oxygens (including phenoxy) is 1. The van der Waals surface area contributed by atoms with Crippen LogP contribution in [0.3, 0.4) is 0 Å². The summed E-state index contributed by atoms with van der Waals surface area (Å²) in [7, 11) is 1.40. The molecule has 1 aromatic carbocycles. The minimum atomic E-state index is -0.283. The van der Waals surface area contributed by atoms with E-state index in [1.54, 1.807) is 23.2 Å². The van der Waals surface area contributed by atoms with Gasteiger partial charge in [0.2, 0.25) is 11.9 Å². The van der Waals surface area contributed by atoms with Crippen molar-refractivity contribution in [3.8, 4) is 5.69 Å².